The van der Waals surface area contributed by atoms with Gasteiger partial charge >= 0.3 is 0 Å². The fourth-order valence-electron chi connectivity index (χ4n) is 1.98. The molecule has 2 nitrogen and oxygen atoms in total. The zero-order chi connectivity index (χ0) is 10.3. The summed E-state index contributed by atoms with van der Waals surface area (Å²) in [6, 6.07) is 7.85. The maximum Gasteiger partial charge on any atom is 0.202 e. The standard InChI is InChI=1S/C13H10O2/c14-11-6-3-5-10-8-9-4-1-2-7-12(9)15-13(10)11/h1-5,7H,6,8H2. The van der Waals surface area contributed by atoms with Crippen molar-refractivity contribution in [3.8, 4) is 5.75 Å². The highest BCUT2D eigenvalue weighted by molar-refractivity contribution is 5.97. The van der Waals surface area contributed by atoms with Crippen molar-refractivity contribution in [3.05, 3.63) is 53.3 Å². The van der Waals surface area contributed by atoms with Crippen molar-refractivity contribution in [2.24, 2.45) is 0 Å². The highest BCUT2D eigenvalue weighted by atomic mass is 16.5. The van der Waals surface area contributed by atoms with E-state index >= 15 is 0 Å². The summed E-state index contributed by atoms with van der Waals surface area (Å²) in [5, 5.41) is 0. The van der Waals surface area contributed by atoms with Gasteiger partial charge in [0.25, 0.3) is 0 Å². The first-order valence-corrected chi connectivity index (χ1v) is 5.03. The summed E-state index contributed by atoms with van der Waals surface area (Å²) in [7, 11) is 0. The van der Waals surface area contributed by atoms with E-state index in [4.69, 9.17) is 4.74 Å². The van der Waals surface area contributed by atoms with Crippen LogP contribution < -0.4 is 4.74 Å². The van der Waals surface area contributed by atoms with Gasteiger partial charge in [-0.25, -0.2) is 0 Å². The van der Waals surface area contributed by atoms with Gasteiger partial charge in [-0.2, -0.15) is 0 Å². The topological polar surface area (TPSA) is 26.3 Å². The number of Topliss-reactive ketones (excluding diaryl/α,β-unsaturated/α-hetero) is 1. The van der Waals surface area contributed by atoms with E-state index in [1.165, 1.54) is 0 Å². The van der Waals surface area contributed by atoms with Crippen molar-refractivity contribution < 1.29 is 9.53 Å². The van der Waals surface area contributed by atoms with Crippen LogP contribution >= 0.6 is 0 Å². The number of carbonyl (C=O) groups excluding carboxylic acids is 1. The third kappa shape index (κ3) is 1.30. The molecule has 0 spiro atoms. The molecule has 0 amide bonds. The maximum absolute atomic E-state index is 11.6. The Morgan fingerprint density at radius 3 is 3.00 bits per heavy atom. The first-order chi connectivity index (χ1) is 7.34. The molecule has 0 radical (unpaired) electrons. The van der Waals surface area contributed by atoms with Crippen molar-refractivity contribution in [1.29, 1.82) is 0 Å². The Morgan fingerprint density at radius 1 is 1.20 bits per heavy atom. The zero-order valence-corrected chi connectivity index (χ0v) is 8.19. The first kappa shape index (κ1) is 8.48. The lowest BCUT2D eigenvalue weighted by Crippen LogP contribution is -2.18. The van der Waals surface area contributed by atoms with Gasteiger partial charge in [-0.3, -0.25) is 4.79 Å². The number of rotatable bonds is 0. The molecule has 1 aliphatic carbocycles. The van der Waals surface area contributed by atoms with E-state index in [1.807, 2.05) is 36.4 Å². The van der Waals surface area contributed by atoms with Gasteiger partial charge in [0.1, 0.15) is 5.75 Å². The van der Waals surface area contributed by atoms with E-state index in [0.717, 1.165) is 23.3 Å². The molecule has 15 heavy (non-hydrogen) atoms. The van der Waals surface area contributed by atoms with E-state index < -0.39 is 0 Å². The molecule has 2 aliphatic rings. The van der Waals surface area contributed by atoms with Gasteiger partial charge in [0.05, 0.1) is 0 Å². The smallest absolute Gasteiger partial charge is 0.202 e. The molecular weight excluding hydrogens is 188 g/mol. The minimum atomic E-state index is 0.0852. The first-order valence-electron chi connectivity index (χ1n) is 5.03. The molecule has 0 saturated carbocycles. The van der Waals surface area contributed by atoms with Gasteiger partial charge in [-0.15, -0.1) is 0 Å². The van der Waals surface area contributed by atoms with Crippen LogP contribution in [0.1, 0.15) is 12.0 Å². The summed E-state index contributed by atoms with van der Waals surface area (Å²) in [4.78, 5) is 11.6. The van der Waals surface area contributed by atoms with Crippen LogP contribution in [0.25, 0.3) is 0 Å². The molecule has 0 atom stereocenters. The monoisotopic (exact) mass is 198 g/mol. The molecule has 1 aromatic carbocycles. The lowest BCUT2D eigenvalue weighted by atomic mass is 9.94. The molecule has 3 rings (SSSR count). The quantitative estimate of drug-likeness (QED) is 0.639. The minimum Gasteiger partial charge on any atom is -0.453 e. The average Bonchev–Trinajstić information content (AvgIpc) is 2.27. The van der Waals surface area contributed by atoms with Gasteiger partial charge < -0.3 is 4.74 Å². The molecule has 0 unspecified atom stereocenters. The lowest BCUT2D eigenvalue weighted by molar-refractivity contribution is -0.117. The number of benzene rings is 1. The van der Waals surface area contributed by atoms with Gasteiger partial charge in [0.15, 0.2) is 5.76 Å². The van der Waals surface area contributed by atoms with Crippen LogP contribution in [0, 0.1) is 0 Å². The highest BCUT2D eigenvalue weighted by Crippen LogP contribution is 2.32. The minimum absolute atomic E-state index is 0.0852. The lowest BCUT2D eigenvalue weighted by Gasteiger charge is -2.22. The number of allylic oxidation sites excluding steroid dienone is 4. The Balaban J connectivity index is 2.08. The molecule has 74 valence electrons. The van der Waals surface area contributed by atoms with Crippen molar-refractivity contribution in [2.75, 3.05) is 0 Å². The van der Waals surface area contributed by atoms with Gasteiger partial charge in [0.2, 0.25) is 5.78 Å². The molecule has 2 heteroatoms. The van der Waals surface area contributed by atoms with Crippen LogP contribution in [-0.4, -0.2) is 5.78 Å². The molecule has 0 saturated heterocycles. The number of para-hydroxylation sites is 1. The van der Waals surface area contributed by atoms with Crippen molar-refractivity contribution >= 4 is 5.78 Å². The molecule has 0 N–H and O–H groups in total. The van der Waals surface area contributed by atoms with E-state index in [2.05, 4.69) is 0 Å². The van der Waals surface area contributed by atoms with Crippen LogP contribution in [-0.2, 0) is 11.2 Å². The summed E-state index contributed by atoms with van der Waals surface area (Å²) in [5.41, 5.74) is 2.15. The third-order valence-corrected chi connectivity index (χ3v) is 2.73. The number of hydrogen-bond acceptors (Lipinski definition) is 2. The van der Waals surface area contributed by atoms with Crippen LogP contribution in [0.2, 0.25) is 0 Å². The molecule has 1 aromatic rings. The summed E-state index contributed by atoms with van der Waals surface area (Å²) in [5.74, 6) is 1.44. The largest absolute Gasteiger partial charge is 0.453 e. The molecule has 0 aromatic heterocycles. The Labute approximate surface area is 87.9 Å². The Hall–Kier alpha value is -1.83. The van der Waals surface area contributed by atoms with E-state index in [-0.39, 0.29) is 5.78 Å². The second kappa shape index (κ2) is 3.09. The van der Waals surface area contributed by atoms with Crippen LogP contribution in [0.15, 0.2) is 47.7 Å². The second-order valence-corrected chi connectivity index (χ2v) is 3.77. The van der Waals surface area contributed by atoms with Gasteiger partial charge in [0, 0.05) is 18.4 Å². The summed E-state index contributed by atoms with van der Waals surface area (Å²) in [6.07, 6.45) is 5.15. The van der Waals surface area contributed by atoms with Crippen molar-refractivity contribution in [3.63, 3.8) is 0 Å². The maximum atomic E-state index is 11.6. The van der Waals surface area contributed by atoms with E-state index in [9.17, 15) is 4.79 Å². The molecule has 1 heterocycles. The number of fused-ring (bicyclic) bond motifs is 1. The summed E-state index contributed by atoms with van der Waals surface area (Å²) in [6.45, 7) is 0. The van der Waals surface area contributed by atoms with Gasteiger partial charge in [-0.05, 0) is 11.6 Å². The van der Waals surface area contributed by atoms with Crippen molar-refractivity contribution in [1.82, 2.24) is 0 Å². The van der Waals surface area contributed by atoms with E-state index in [1.54, 1.807) is 0 Å². The fourth-order valence-corrected chi connectivity index (χ4v) is 1.98. The Kier molecular flexibility index (Phi) is 1.75. The molecule has 1 aliphatic heterocycles. The normalized spacial score (nSPS) is 18.3. The number of carbonyl (C=O) groups is 1. The zero-order valence-electron chi connectivity index (χ0n) is 8.19. The Bertz CT molecular complexity index is 495. The number of ether oxygens (including phenoxy) is 1. The third-order valence-electron chi connectivity index (χ3n) is 2.73. The number of hydrogen-bond donors (Lipinski definition) is 0. The number of ketones is 1. The predicted molar refractivity (Wildman–Crippen MR) is 56.6 cm³/mol. The molecular formula is C13H10O2. The molecule has 0 bridgehead atoms. The fraction of sp³-hybridized carbons (Fsp3) is 0.154. The van der Waals surface area contributed by atoms with Gasteiger partial charge in [-0.1, -0.05) is 30.4 Å². The van der Waals surface area contributed by atoms with E-state index in [0.29, 0.717) is 12.2 Å². The molecule has 0 fully saturated rings. The Morgan fingerprint density at radius 2 is 2.07 bits per heavy atom. The highest BCUT2D eigenvalue weighted by Gasteiger charge is 2.24. The average molecular weight is 198 g/mol. The second-order valence-electron chi connectivity index (χ2n) is 3.77. The predicted octanol–water partition coefficient (Wildman–Crippen LogP) is 2.40. The van der Waals surface area contributed by atoms with Crippen LogP contribution in [0.4, 0.5) is 0 Å². The SMILES string of the molecule is O=C1CC=CC2=C1Oc1ccccc1C2. The van der Waals surface area contributed by atoms with Crippen LogP contribution in [0.5, 0.6) is 5.75 Å². The van der Waals surface area contributed by atoms with Crippen molar-refractivity contribution in [2.45, 2.75) is 12.8 Å². The summed E-state index contributed by atoms with van der Waals surface area (Å²) < 4.78 is 5.63. The van der Waals surface area contributed by atoms with Crippen LogP contribution in [0.3, 0.4) is 0 Å². The summed E-state index contributed by atoms with van der Waals surface area (Å²) >= 11 is 0.